The van der Waals surface area contributed by atoms with Gasteiger partial charge in [0, 0.05) is 0 Å². The van der Waals surface area contributed by atoms with E-state index in [2.05, 4.69) is 39.8 Å². The SMILES string of the molecule is CC1(C)OB(CC(C=O)(c2ccccc2)C2CCCCC2)OC1(C)C. The van der Waals surface area contributed by atoms with Crippen LogP contribution in [0, 0.1) is 5.92 Å². The third-order valence-corrected chi connectivity index (χ3v) is 6.66. The summed E-state index contributed by atoms with van der Waals surface area (Å²) in [5, 5.41) is 0. The molecular formula is C21H31BO3. The summed E-state index contributed by atoms with van der Waals surface area (Å²) >= 11 is 0. The molecule has 0 radical (unpaired) electrons. The maximum absolute atomic E-state index is 12.5. The molecule has 0 bridgehead atoms. The van der Waals surface area contributed by atoms with Crippen LogP contribution in [0.3, 0.4) is 0 Å². The van der Waals surface area contributed by atoms with Crippen LogP contribution in [0.25, 0.3) is 0 Å². The number of carbonyl (C=O) groups excluding carboxylic acids is 1. The highest BCUT2D eigenvalue weighted by Crippen LogP contribution is 2.47. The molecule has 1 saturated heterocycles. The highest BCUT2D eigenvalue weighted by molar-refractivity contribution is 6.46. The Labute approximate surface area is 152 Å². The first-order valence-electron chi connectivity index (χ1n) is 9.68. The van der Waals surface area contributed by atoms with Gasteiger partial charge in [0.15, 0.2) is 0 Å². The van der Waals surface area contributed by atoms with Gasteiger partial charge in [-0.1, -0.05) is 49.6 Å². The van der Waals surface area contributed by atoms with Crippen LogP contribution < -0.4 is 0 Å². The normalized spacial score (nSPS) is 25.5. The molecule has 1 aliphatic carbocycles. The number of rotatable bonds is 5. The predicted octanol–water partition coefficient (Wildman–Crippen LogP) is 4.80. The zero-order valence-electron chi connectivity index (χ0n) is 16.1. The van der Waals surface area contributed by atoms with Crippen molar-refractivity contribution in [2.45, 2.75) is 82.7 Å². The van der Waals surface area contributed by atoms with E-state index in [1.54, 1.807) is 0 Å². The van der Waals surface area contributed by atoms with E-state index in [0.29, 0.717) is 12.2 Å². The summed E-state index contributed by atoms with van der Waals surface area (Å²) in [4.78, 5) is 12.5. The Morgan fingerprint density at radius 2 is 1.60 bits per heavy atom. The van der Waals surface area contributed by atoms with Crippen LogP contribution in [0.15, 0.2) is 30.3 Å². The van der Waals surface area contributed by atoms with E-state index >= 15 is 0 Å². The second kappa shape index (κ2) is 6.88. The molecule has 0 spiro atoms. The third-order valence-electron chi connectivity index (χ3n) is 6.66. The molecule has 1 aromatic carbocycles. The fraction of sp³-hybridized carbons (Fsp3) is 0.667. The Morgan fingerprint density at radius 1 is 1.04 bits per heavy atom. The molecule has 4 heteroatoms. The molecule has 0 N–H and O–H groups in total. The monoisotopic (exact) mass is 342 g/mol. The molecule has 1 heterocycles. The minimum absolute atomic E-state index is 0.350. The summed E-state index contributed by atoms with van der Waals surface area (Å²) in [5.74, 6) is 0.361. The lowest BCUT2D eigenvalue weighted by Crippen LogP contribution is -2.42. The molecule has 1 unspecified atom stereocenters. The molecule has 1 atom stereocenters. The van der Waals surface area contributed by atoms with E-state index < -0.39 is 5.41 Å². The lowest BCUT2D eigenvalue weighted by atomic mass is 9.56. The van der Waals surface area contributed by atoms with Crippen molar-refractivity contribution in [2.24, 2.45) is 5.92 Å². The first-order chi connectivity index (χ1) is 11.8. The van der Waals surface area contributed by atoms with Gasteiger partial charge in [-0.15, -0.1) is 0 Å². The molecule has 1 saturated carbocycles. The van der Waals surface area contributed by atoms with Gasteiger partial charge in [-0.25, -0.2) is 0 Å². The van der Waals surface area contributed by atoms with Crippen molar-refractivity contribution < 1.29 is 14.1 Å². The fourth-order valence-corrected chi connectivity index (χ4v) is 4.42. The maximum atomic E-state index is 12.5. The highest BCUT2D eigenvalue weighted by Gasteiger charge is 2.55. The van der Waals surface area contributed by atoms with Crippen molar-refractivity contribution in [2.75, 3.05) is 0 Å². The van der Waals surface area contributed by atoms with Crippen LogP contribution in [0.4, 0.5) is 0 Å². The zero-order valence-corrected chi connectivity index (χ0v) is 16.1. The van der Waals surface area contributed by atoms with Crippen LogP contribution >= 0.6 is 0 Å². The van der Waals surface area contributed by atoms with Crippen LogP contribution in [0.2, 0.25) is 6.32 Å². The molecule has 0 aromatic heterocycles. The minimum Gasteiger partial charge on any atom is -0.403 e. The summed E-state index contributed by atoms with van der Waals surface area (Å²) in [6, 6.07) is 10.2. The first kappa shape index (κ1) is 18.7. The van der Waals surface area contributed by atoms with Crippen LogP contribution in [-0.4, -0.2) is 24.6 Å². The van der Waals surface area contributed by atoms with Gasteiger partial charge in [-0.2, -0.15) is 0 Å². The molecule has 3 rings (SSSR count). The molecule has 0 amide bonds. The Balaban J connectivity index is 1.93. The second-order valence-electron chi connectivity index (χ2n) is 8.75. The lowest BCUT2D eigenvalue weighted by molar-refractivity contribution is -0.114. The van der Waals surface area contributed by atoms with Gasteiger partial charge in [0.05, 0.1) is 16.6 Å². The summed E-state index contributed by atoms with van der Waals surface area (Å²) in [7, 11) is -0.350. The molecule has 25 heavy (non-hydrogen) atoms. The van der Waals surface area contributed by atoms with Crippen molar-refractivity contribution in [1.82, 2.24) is 0 Å². The van der Waals surface area contributed by atoms with Gasteiger partial charge in [0.1, 0.15) is 6.29 Å². The lowest BCUT2D eigenvalue weighted by Gasteiger charge is -2.39. The minimum atomic E-state index is -0.525. The van der Waals surface area contributed by atoms with Gasteiger partial charge in [0.2, 0.25) is 0 Å². The summed E-state index contributed by atoms with van der Waals surface area (Å²) in [6.45, 7) is 8.27. The van der Waals surface area contributed by atoms with Crippen LogP contribution in [0.1, 0.15) is 65.4 Å². The Morgan fingerprint density at radius 3 is 2.12 bits per heavy atom. The average Bonchev–Trinajstić information content (AvgIpc) is 2.81. The van der Waals surface area contributed by atoms with Crippen molar-refractivity contribution >= 4 is 13.4 Å². The fourth-order valence-electron chi connectivity index (χ4n) is 4.42. The largest absolute Gasteiger partial charge is 0.459 e. The average molecular weight is 342 g/mol. The standard InChI is InChI=1S/C21H31BO3/c1-19(2)20(3,4)25-22(24-19)15-21(16-23,17-11-7-5-8-12-17)18-13-9-6-10-14-18/h5,7-8,11-12,16,18H,6,9-10,13-15H2,1-4H3. The van der Waals surface area contributed by atoms with Crippen molar-refractivity contribution in [3.05, 3.63) is 35.9 Å². The van der Waals surface area contributed by atoms with Gasteiger partial charge < -0.3 is 14.1 Å². The summed E-state index contributed by atoms with van der Waals surface area (Å²) in [6.07, 6.45) is 7.67. The smallest absolute Gasteiger partial charge is 0.403 e. The first-order valence-corrected chi connectivity index (χ1v) is 9.68. The van der Waals surface area contributed by atoms with Crippen molar-refractivity contribution in [3.8, 4) is 0 Å². The molecule has 3 nitrogen and oxygen atoms in total. The Kier molecular flexibility index (Phi) is 5.14. The molecule has 2 fully saturated rings. The topological polar surface area (TPSA) is 35.5 Å². The molecule has 1 aliphatic heterocycles. The number of hydrogen-bond acceptors (Lipinski definition) is 3. The summed E-state index contributed by atoms with van der Waals surface area (Å²) in [5.41, 5.74) is -0.153. The van der Waals surface area contributed by atoms with E-state index in [0.717, 1.165) is 18.4 Å². The van der Waals surface area contributed by atoms with E-state index in [4.69, 9.17) is 9.31 Å². The van der Waals surface area contributed by atoms with Gasteiger partial charge in [0.25, 0.3) is 0 Å². The Bertz CT molecular complexity index is 576. The van der Waals surface area contributed by atoms with Gasteiger partial charge in [-0.3, -0.25) is 0 Å². The van der Waals surface area contributed by atoms with E-state index in [1.807, 2.05) is 18.2 Å². The number of benzene rings is 1. The van der Waals surface area contributed by atoms with Crippen LogP contribution in [-0.2, 0) is 19.5 Å². The van der Waals surface area contributed by atoms with Crippen LogP contribution in [0.5, 0.6) is 0 Å². The number of carbonyl (C=O) groups is 1. The van der Waals surface area contributed by atoms with E-state index in [-0.39, 0.29) is 18.3 Å². The van der Waals surface area contributed by atoms with Gasteiger partial charge in [-0.05, 0) is 58.3 Å². The summed E-state index contributed by atoms with van der Waals surface area (Å²) < 4.78 is 12.5. The second-order valence-corrected chi connectivity index (χ2v) is 8.75. The van der Waals surface area contributed by atoms with Crippen molar-refractivity contribution in [1.29, 1.82) is 0 Å². The van der Waals surface area contributed by atoms with E-state index in [9.17, 15) is 4.79 Å². The molecule has 2 aliphatic rings. The third kappa shape index (κ3) is 3.43. The Hall–Kier alpha value is -1.13. The predicted molar refractivity (Wildman–Crippen MR) is 102 cm³/mol. The number of aldehydes is 1. The highest BCUT2D eigenvalue weighted by atomic mass is 16.7. The maximum Gasteiger partial charge on any atom is 0.459 e. The molecule has 136 valence electrons. The zero-order chi connectivity index (χ0) is 18.1. The number of hydrogen-bond donors (Lipinski definition) is 0. The van der Waals surface area contributed by atoms with Crippen molar-refractivity contribution in [3.63, 3.8) is 0 Å². The van der Waals surface area contributed by atoms with E-state index in [1.165, 1.54) is 25.5 Å². The molecule has 1 aromatic rings. The molecular weight excluding hydrogens is 311 g/mol. The van der Waals surface area contributed by atoms with Gasteiger partial charge >= 0.3 is 7.12 Å². The quantitative estimate of drug-likeness (QED) is 0.570.